The van der Waals surface area contributed by atoms with E-state index in [4.69, 9.17) is 4.74 Å². The summed E-state index contributed by atoms with van der Waals surface area (Å²) in [5.41, 5.74) is 3.11. The summed E-state index contributed by atoms with van der Waals surface area (Å²) in [5, 5.41) is 2.61. The van der Waals surface area contributed by atoms with Crippen molar-refractivity contribution in [2.75, 3.05) is 48.5 Å². The minimum atomic E-state index is -4.05. The van der Waals surface area contributed by atoms with Crippen LogP contribution >= 0.6 is 38.6 Å². The van der Waals surface area contributed by atoms with Gasteiger partial charge in [-0.1, -0.05) is 42.5 Å². The molecule has 244 valence electrons. The fraction of sp³-hybridized carbons (Fsp3) is 0.257. The van der Waals surface area contributed by atoms with Gasteiger partial charge in [0, 0.05) is 41.9 Å². The molecule has 3 aromatic carbocycles. The van der Waals surface area contributed by atoms with Crippen LogP contribution in [0, 0.1) is 6.92 Å². The second kappa shape index (κ2) is 14.2. The van der Waals surface area contributed by atoms with Gasteiger partial charge in [-0.2, -0.15) is 0 Å². The minimum Gasteiger partial charge on any atom is -0.462 e. The number of anilines is 2. The molecule has 1 aliphatic heterocycles. The summed E-state index contributed by atoms with van der Waals surface area (Å²) in [6, 6.07) is 24.4. The van der Waals surface area contributed by atoms with Gasteiger partial charge in [0.1, 0.15) is 9.75 Å². The number of para-hydroxylation sites is 2. The molecule has 0 saturated carbocycles. The molecule has 0 unspecified atom stereocenters. The molecule has 0 atom stereocenters. The van der Waals surface area contributed by atoms with E-state index in [9.17, 15) is 18.0 Å². The topological polar surface area (TPSA) is 87.2 Å². The number of carbonyl (C=O) groups is 2. The number of carbonyl (C=O) groups excluding carboxylic acids is 2. The van der Waals surface area contributed by atoms with Crippen LogP contribution in [-0.2, 0) is 21.2 Å². The van der Waals surface area contributed by atoms with Gasteiger partial charge < -0.3 is 14.5 Å². The van der Waals surface area contributed by atoms with E-state index in [1.54, 1.807) is 25.1 Å². The molecule has 0 radical (unpaired) electrons. The van der Waals surface area contributed by atoms with E-state index in [0.29, 0.717) is 59.0 Å². The van der Waals surface area contributed by atoms with Crippen molar-refractivity contribution in [3.8, 4) is 0 Å². The molecule has 8 nitrogen and oxygen atoms in total. The molecule has 0 N–H and O–H groups in total. The normalized spacial score (nSPS) is 13.6. The van der Waals surface area contributed by atoms with Crippen LogP contribution in [-0.4, -0.2) is 64.5 Å². The van der Waals surface area contributed by atoms with Crippen molar-refractivity contribution in [1.29, 1.82) is 0 Å². The van der Waals surface area contributed by atoms with Gasteiger partial charge in [-0.25, -0.2) is 13.2 Å². The number of rotatable bonds is 10. The van der Waals surface area contributed by atoms with Crippen molar-refractivity contribution < 1.29 is 22.7 Å². The summed E-state index contributed by atoms with van der Waals surface area (Å²) in [5.74, 6) is -0.407. The summed E-state index contributed by atoms with van der Waals surface area (Å²) in [6.45, 7) is 6.24. The van der Waals surface area contributed by atoms with E-state index >= 15 is 0 Å². The maximum absolute atomic E-state index is 14.7. The lowest BCUT2D eigenvalue weighted by molar-refractivity contribution is 0.0531. The van der Waals surface area contributed by atoms with Crippen LogP contribution in [0.3, 0.4) is 0 Å². The van der Waals surface area contributed by atoms with E-state index in [0.717, 1.165) is 20.4 Å². The fourth-order valence-electron chi connectivity index (χ4n) is 5.81. The van der Waals surface area contributed by atoms with E-state index in [2.05, 4.69) is 20.8 Å². The van der Waals surface area contributed by atoms with Crippen LogP contribution in [0.25, 0.3) is 10.1 Å². The average Bonchev–Trinajstić information content (AvgIpc) is 3.67. The van der Waals surface area contributed by atoms with Crippen molar-refractivity contribution in [3.05, 3.63) is 110 Å². The number of halogens is 1. The van der Waals surface area contributed by atoms with Crippen molar-refractivity contribution in [1.82, 2.24) is 4.90 Å². The van der Waals surface area contributed by atoms with Gasteiger partial charge in [-0.15, -0.1) is 22.7 Å². The number of amides is 1. The zero-order valence-electron chi connectivity index (χ0n) is 26.0. The number of benzene rings is 3. The minimum absolute atomic E-state index is 0.00268. The van der Waals surface area contributed by atoms with E-state index in [-0.39, 0.29) is 24.0 Å². The van der Waals surface area contributed by atoms with Crippen molar-refractivity contribution in [3.63, 3.8) is 0 Å². The number of nitrogens with zero attached hydrogens (tertiary/aromatic N) is 3. The smallest absolute Gasteiger partial charge is 0.348 e. The second-order valence-electron chi connectivity index (χ2n) is 11.1. The number of sulfonamides is 1. The molecule has 1 fully saturated rings. The summed E-state index contributed by atoms with van der Waals surface area (Å²) in [4.78, 5) is 31.1. The summed E-state index contributed by atoms with van der Waals surface area (Å²) in [7, 11) is -4.05. The highest BCUT2D eigenvalue weighted by molar-refractivity contribution is 9.10. The van der Waals surface area contributed by atoms with Crippen molar-refractivity contribution in [2.45, 2.75) is 25.2 Å². The number of thiophene rings is 2. The number of ether oxygens (including phenoxy) is 1. The number of hydrogen-bond acceptors (Lipinski definition) is 8. The molecule has 1 aliphatic rings. The van der Waals surface area contributed by atoms with Gasteiger partial charge >= 0.3 is 5.97 Å². The number of aryl methyl sites for hydroxylation is 1. The lowest BCUT2D eigenvalue weighted by atomic mass is 10.1. The van der Waals surface area contributed by atoms with Crippen molar-refractivity contribution >= 4 is 82.0 Å². The highest BCUT2D eigenvalue weighted by Gasteiger charge is 2.31. The maximum Gasteiger partial charge on any atom is 0.348 e. The quantitative estimate of drug-likeness (QED) is 0.137. The molecular formula is C35H34BrN3O5S3. The fourth-order valence-corrected chi connectivity index (χ4v) is 9.90. The van der Waals surface area contributed by atoms with E-state index in [1.165, 1.54) is 27.0 Å². The summed E-state index contributed by atoms with van der Waals surface area (Å²) >= 11 is 6.20. The monoisotopic (exact) mass is 751 g/mol. The van der Waals surface area contributed by atoms with Crippen LogP contribution in [0.2, 0.25) is 0 Å². The predicted octanol–water partition coefficient (Wildman–Crippen LogP) is 7.61. The van der Waals surface area contributed by atoms with Gasteiger partial charge in [-0.05, 0) is 94.5 Å². The first-order valence-corrected chi connectivity index (χ1v) is 19.2. The molecule has 6 rings (SSSR count). The molecular weight excluding hydrogens is 719 g/mol. The SMILES string of the molecule is CCOC(=O)c1sc2ccc(S(=O)(=O)N(CCc3ccccc3)c3ccccc3N3CCN(C(=O)c4sccc4Br)CC3)cc2c1C. The largest absolute Gasteiger partial charge is 0.462 e. The van der Waals surface area contributed by atoms with Crippen LogP contribution in [0.15, 0.2) is 93.6 Å². The van der Waals surface area contributed by atoms with Crippen LogP contribution in [0.1, 0.15) is 37.4 Å². The Morgan fingerprint density at radius 1 is 0.936 bits per heavy atom. The first-order valence-electron chi connectivity index (χ1n) is 15.3. The summed E-state index contributed by atoms with van der Waals surface area (Å²) in [6.07, 6.45) is 0.513. The molecule has 0 bridgehead atoms. The zero-order chi connectivity index (χ0) is 33.1. The van der Waals surface area contributed by atoms with Crippen molar-refractivity contribution in [2.24, 2.45) is 0 Å². The Kier molecular flexibility index (Phi) is 10.0. The number of esters is 1. The van der Waals surface area contributed by atoms with Crippen LogP contribution in [0.5, 0.6) is 0 Å². The third kappa shape index (κ3) is 6.83. The van der Waals surface area contributed by atoms with E-state index in [1.807, 2.05) is 77.9 Å². The maximum atomic E-state index is 14.7. The van der Waals surface area contributed by atoms with Gasteiger partial charge in [0.2, 0.25) is 0 Å². The van der Waals surface area contributed by atoms with Crippen LogP contribution < -0.4 is 9.21 Å². The number of fused-ring (bicyclic) bond motifs is 1. The molecule has 5 aromatic rings. The summed E-state index contributed by atoms with van der Waals surface area (Å²) < 4.78 is 37.7. The third-order valence-electron chi connectivity index (χ3n) is 8.27. The average molecular weight is 753 g/mol. The molecule has 1 amide bonds. The second-order valence-corrected chi connectivity index (χ2v) is 15.8. The highest BCUT2D eigenvalue weighted by atomic mass is 79.9. The van der Waals surface area contributed by atoms with Gasteiger partial charge in [0.15, 0.2) is 0 Å². The Balaban J connectivity index is 1.34. The molecule has 3 heterocycles. The molecule has 1 saturated heterocycles. The first-order chi connectivity index (χ1) is 22.7. The third-order valence-corrected chi connectivity index (χ3v) is 13.2. The Bertz CT molecular complexity index is 2020. The Hall–Kier alpha value is -3.71. The number of hydrogen-bond donors (Lipinski definition) is 0. The lowest BCUT2D eigenvalue weighted by Gasteiger charge is -2.38. The Morgan fingerprint density at radius 2 is 1.66 bits per heavy atom. The predicted molar refractivity (Wildman–Crippen MR) is 194 cm³/mol. The van der Waals surface area contributed by atoms with Crippen LogP contribution in [0.4, 0.5) is 11.4 Å². The zero-order valence-corrected chi connectivity index (χ0v) is 30.1. The van der Waals surface area contributed by atoms with Gasteiger partial charge in [-0.3, -0.25) is 9.10 Å². The van der Waals surface area contributed by atoms with Gasteiger partial charge in [0.25, 0.3) is 15.9 Å². The Morgan fingerprint density at radius 3 is 2.36 bits per heavy atom. The number of piperazine rings is 1. The first kappa shape index (κ1) is 33.2. The molecule has 47 heavy (non-hydrogen) atoms. The van der Waals surface area contributed by atoms with Gasteiger partial charge in [0.05, 0.1) is 22.9 Å². The lowest BCUT2D eigenvalue weighted by Crippen LogP contribution is -2.49. The molecule has 2 aromatic heterocycles. The highest BCUT2D eigenvalue weighted by Crippen LogP contribution is 2.37. The Labute approximate surface area is 291 Å². The molecule has 12 heteroatoms. The standard InChI is InChI=1S/C35H34BrN3O5S3/c1-3-44-35(41)32-24(2)27-23-26(13-14-31(27)46-32)47(42,43)39(17-15-25-9-5-4-6-10-25)30-12-8-7-11-29(30)37-18-20-38(21-19-37)34(40)33-28(36)16-22-45-33/h4-14,16,22-23H,3,15,17-21H2,1-2H3. The molecule has 0 aliphatic carbocycles. The molecule has 0 spiro atoms. The van der Waals surface area contributed by atoms with E-state index < -0.39 is 16.0 Å².